The van der Waals surface area contributed by atoms with Gasteiger partial charge in [-0.05, 0) is 64.7 Å². The molecule has 12 aromatic rings. The van der Waals surface area contributed by atoms with E-state index in [0.29, 0.717) is 0 Å². The quantitative estimate of drug-likeness (QED) is 0.166. The maximum atomic E-state index is 2.54. The van der Waals surface area contributed by atoms with Crippen LogP contribution in [0.25, 0.3) is 104 Å². The molecule has 3 heterocycles. The average molecular weight is 674 g/mol. The molecule has 3 nitrogen and oxygen atoms in total. The summed E-state index contributed by atoms with van der Waals surface area (Å²) < 4.78 is 7.50. The van der Waals surface area contributed by atoms with Crippen LogP contribution in [0.3, 0.4) is 0 Å². The number of rotatable bonds is 3. The van der Waals surface area contributed by atoms with E-state index < -0.39 is 0 Å². The summed E-state index contributed by atoms with van der Waals surface area (Å²) in [6.45, 7) is 0. The van der Waals surface area contributed by atoms with Gasteiger partial charge in [-0.2, -0.15) is 0 Å². The Labute approximate surface area is 304 Å². The molecule has 0 saturated heterocycles. The van der Waals surface area contributed by atoms with Crippen molar-refractivity contribution in [2.24, 2.45) is 0 Å². The highest BCUT2D eigenvalue weighted by atomic mass is 15.1. The second-order valence-corrected chi connectivity index (χ2v) is 14.1. The molecule has 12 rings (SSSR count). The summed E-state index contributed by atoms with van der Waals surface area (Å²) in [6.07, 6.45) is 0. The predicted molar refractivity (Wildman–Crippen MR) is 224 cm³/mol. The van der Waals surface area contributed by atoms with Crippen molar-refractivity contribution in [2.45, 2.75) is 0 Å². The Kier molecular flexibility index (Phi) is 5.77. The first-order valence-electron chi connectivity index (χ1n) is 18.3. The van der Waals surface area contributed by atoms with Crippen LogP contribution in [0.5, 0.6) is 0 Å². The number of fused-ring (bicyclic) bond motifs is 12. The Hall–Kier alpha value is -7.10. The van der Waals surface area contributed by atoms with Crippen LogP contribution in [-0.2, 0) is 0 Å². The number of benzene rings is 9. The molecule has 0 bridgehead atoms. The van der Waals surface area contributed by atoms with Crippen molar-refractivity contribution in [3.63, 3.8) is 0 Å². The van der Waals surface area contributed by atoms with Gasteiger partial charge in [-0.1, -0.05) is 140 Å². The van der Waals surface area contributed by atoms with Crippen molar-refractivity contribution in [2.75, 3.05) is 0 Å². The fourth-order valence-electron chi connectivity index (χ4n) is 9.21. The first kappa shape index (κ1) is 28.6. The molecular weight excluding hydrogens is 643 g/mol. The van der Waals surface area contributed by atoms with E-state index >= 15 is 0 Å². The molecule has 0 spiro atoms. The van der Waals surface area contributed by atoms with Crippen LogP contribution in [-0.4, -0.2) is 13.7 Å². The van der Waals surface area contributed by atoms with Gasteiger partial charge in [0.25, 0.3) is 0 Å². The number of para-hydroxylation sites is 5. The van der Waals surface area contributed by atoms with Gasteiger partial charge < -0.3 is 13.7 Å². The molecule has 246 valence electrons. The number of hydrogen-bond acceptors (Lipinski definition) is 0. The molecule has 0 aliphatic rings. The number of aromatic nitrogens is 3. The van der Waals surface area contributed by atoms with Crippen LogP contribution < -0.4 is 0 Å². The molecule has 0 saturated carbocycles. The minimum absolute atomic E-state index is 1.14. The second kappa shape index (κ2) is 10.7. The van der Waals surface area contributed by atoms with Crippen molar-refractivity contribution < 1.29 is 0 Å². The molecule has 0 N–H and O–H groups in total. The highest BCUT2D eigenvalue weighted by Crippen LogP contribution is 2.44. The predicted octanol–water partition coefficient (Wildman–Crippen LogP) is 13.3. The lowest BCUT2D eigenvalue weighted by molar-refractivity contribution is 1.12. The summed E-state index contributed by atoms with van der Waals surface area (Å²) in [6, 6.07) is 69.1. The fourth-order valence-corrected chi connectivity index (χ4v) is 9.21. The van der Waals surface area contributed by atoms with Gasteiger partial charge in [-0.3, -0.25) is 0 Å². The molecule has 53 heavy (non-hydrogen) atoms. The normalized spacial score (nSPS) is 12.2. The Morgan fingerprint density at radius 2 is 0.642 bits per heavy atom. The minimum Gasteiger partial charge on any atom is -0.309 e. The molecule has 0 fully saturated rings. The van der Waals surface area contributed by atoms with Gasteiger partial charge in [-0.15, -0.1) is 0 Å². The Bertz CT molecular complexity index is 3360. The van der Waals surface area contributed by atoms with Gasteiger partial charge in [0.1, 0.15) is 0 Å². The largest absolute Gasteiger partial charge is 0.309 e. The third kappa shape index (κ3) is 3.88. The van der Waals surface area contributed by atoms with E-state index in [2.05, 4.69) is 202 Å². The lowest BCUT2D eigenvalue weighted by Crippen LogP contribution is -2.04. The average Bonchev–Trinajstić information content (AvgIpc) is 3.86. The van der Waals surface area contributed by atoms with Crippen LogP contribution in [0.2, 0.25) is 0 Å². The maximum Gasteiger partial charge on any atom is 0.0784 e. The van der Waals surface area contributed by atoms with E-state index in [-0.39, 0.29) is 0 Å². The SMILES string of the molecule is c1ccc2c(c1)cc(-n1c3ccccc3c3cc(-n4c5ccccc5c5ccccc54)cc(-n4c5ccccc5c5ccccc54)c31)c1ccccc12. The van der Waals surface area contributed by atoms with Gasteiger partial charge in [0.15, 0.2) is 0 Å². The molecule has 3 aromatic heterocycles. The van der Waals surface area contributed by atoms with Gasteiger partial charge >= 0.3 is 0 Å². The highest BCUT2D eigenvalue weighted by molar-refractivity contribution is 6.19. The third-order valence-electron chi connectivity index (χ3n) is 11.4. The Morgan fingerprint density at radius 1 is 0.245 bits per heavy atom. The van der Waals surface area contributed by atoms with Crippen molar-refractivity contribution in [1.82, 2.24) is 13.7 Å². The summed E-state index contributed by atoms with van der Waals surface area (Å²) in [5.41, 5.74) is 10.6. The zero-order valence-corrected chi connectivity index (χ0v) is 28.7. The van der Waals surface area contributed by atoms with Crippen molar-refractivity contribution in [3.05, 3.63) is 188 Å². The van der Waals surface area contributed by atoms with Crippen molar-refractivity contribution in [3.8, 4) is 17.1 Å². The van der Waals surface area contributed by atoms with E-state index in [1.807, 2.05) is 0 Å². The molecular formula is C50H31N3. The van der Waals surface area contributed by atoms with Crippen molar-refractivity contribution in [1.29, 1.82) is 0 Å². The van der Waals surface area contributed by atoms with E-state index in [0.717, 1.165) is 11.4 Å². The fraction of sp³-hybridized carbons (Fsp3) is 0. The Morgan fingerprint density at radius 3 is 1.19 bits per heavy atom. The molecule has 0 amide bonds. The highest BCUT2D eigenvalue weighted by Gasteiger charge is 2.24. The van der Waals surface area contributed by atoms with E-state index in [9.17, 15) is 0 Å². The summed E-state index contributed by atoms with van der Waals surface area (Å²) >= 11 is 0. The van der Waals surface area contributed by atoms with E-state index in [1.54, 1.807) is 0 Å². The standard InChI is InChI=1S/C50H31N3/c1-2-16-34-32(15-1)29-48(36-18-4-3-17-35(34)36)53-47-28-14-9-23-41(47)42-30-33(51-43-24-10-5-19-37(43)38-20-6-11-25-44(38)51)31-49(50(42)53)52-45-26-12-7-21-39(45)40-22-8-13-27-46(40)52/h1-31H. The van der Waals surface area contributed by atoms with Gasteiger partial charge in [0.2, 0.25) is 0 Å². The van der Waals surface area contributed by atoms with Gasteiger partial charge in [0.05, 0.1) is 44.5 Å². The molecule has 0 radical (unpaired) electrons. The molecule has 0 aliphatic heterocycles. The van der Waals surface area contributed by atoms with Crippen LogP contribution in [0.4, 0.5) is 0 Å². The summed E-state index contributed by atoms with van der Waals surface area (Å²) in [5, 5.41) is 12.4. The molecule has 0 atom stereocenters. The zero-order valence-electron chi connectivity index (χ0n) is 28.7. The van der Waals surface area contributed by atoms with E-state index in [1.165, 1.54) is 92.6 Å². The van der Waals surface area contributed by atoms with Gasteiger partial charge in [-0.25, -0.2) is 0 Å². The first-order chi connectivity index (χ1) is 26.3. The smallest absolute Gasteiger partial charge is 0.0784 e. The Balaban J connectivity index is 1.33. The summed E-state index contributed by atoms with van der Waals surface area (Å²) in [7, 11) is 0. The topological polar surface area (TPSA) is 14.8 Å². The van der Waals surface area contributed by atoms with Gasteiger partial charge in [0, 0.05) is 43.4 Å². The molecule has 0 aliphatic carbocycles. The van der Waals surface area contributed by atoms with E-state index in [4.69, 9.17) is 0 Å². The maximum absolute atomic E-state index is 2.54. The lowest BCUT2D eigenvalue weighted by atomic mass is 10.00. The van der Waals surface area contributed by atoms with Crippen molar-refractivity contribution >= 4 is 87.0 Å². The molecule has 9 aromatic carbocycles. The first-order valence-corrected chi connectivity index (χ1v) is 18.3. The van der Waals surface area contributed by atoms with Crippen LogP contribution in [0.15, 0.2) is 188 Å². The minimum atomic E-state index is 1.14. The van der Waals surface area contributed by atoms with Crippen LogP contribution in [0, 0.1) is 0 Å². The zero-order chi connectivity index (χ0) is 34.6. The number of hydrogen-bond donors (Lipinski definition) is 0. The third-order valence-corrected chi connectivity index (χ3v) is 11.4. The summed E-state index contributed by atoms with van der Waals surface area (Å²) in [4.78, 5) is 0. The number of nitrogens with zero attached hydrogens (tertiary/aromatic N) is 3. The second-order valence-electron chi connectivity index (χ2n) is 14.1. The van der Waals surface area contributed by atoms with Crippen LogP contribution >= 0.6 is 0 Å². The monoisotopic (exact) mass is 673 g/mol. The lowest BCUT2D eigenvalue weighted by Gasteiger charge is -2.19. The molecule has 0 unspecified atom stereocenters. The summed E-state index contributed by atoms with van der Waals surface area (Å²) in [5.74, 6) is 0. The van der Waals surface area contributed by atoms with Crippen LogP contribution in [0.1, 0.15) is 0 Å². The molecule has 3 heteroatoms.